The van der Waals surface area contributed by atoms with Crippen LogP contribution in [0.3, 0.4) is 0 Å². The van der Waals surface area contributed by atoms with Crippen molar-refractivity contribution >= 4 is 18.2 Å². The molecule has 0 heterocycles. The van der Waals surface area contributed by atoms with E-state index >= 15 is 0 Å². The normalized spacial score (nSPS) is 16.0. The molecule has 0 bridgehead atoms. The summed E-state index contributed by atoms with van der Waals surface area (Å²) in [6.45, 7) is 7.20. The van der Waals surface area contributed by atoms with Crippen molar-refractivity contribution in [1.29, 1.82) is 5.41 Å². The van der Waals surface area contributed by atoms with Gasteiger partial charge in [-0.1, -0.05) is 19.1 Å². The minimum Gasteiger partial charge on any atom is -0.507 e. The number of rotatable bonds is 8. The van der Waals surface area contributed by atoms with Gasteiger partial charge in [0.05, 0.1) is 20.3 Å². The smallest absolute Gasteiger partial charge is 0.343 e. The van der Waals surface area contributed by atoms with Crippen molar-refractivity contribution in [3.8, 4) is 0 Å². The first kappa shape index (κ1) is 25.2. The second-order valence-corrected chi connectivity index (χ2v) is 6.17. The average Bonchev–Trinajstić information content (AvgIpc) is 2.71. The Kier molecular flexibility index (Phi) is 12.8. The Hall–Kier alpha value is -2.83. The van der Waals surface area contributed by atoms with Crippen molar-refractivity contribution in [2.24, 2.45) is 0 Å². The molecule has 7 nitrogen and oxygen atoms in total. The number of aliphatic hydroxyl groups is 1. The molecule has 0 atom stereocenters. The number of carbonyl (C=O) groups is 2. The molecule has 0 radical (unpaired) electrons. The van der Waals surface area contributed by atoms with Crippen molar-refractivity contribution in [3.63, 3.8) is 0 Å². The Morgan fingerprint density at radius 1 is 1.14 bits per heavy atom. The summed E-state index contributed by atoms with van der Waals surface area (Å²) in [6.07, 6.45) is 10.9. The van der Waals surface area contributed by atoms with Crippen LogP contribution in [0.25, 0.3) is 0 Å². The van der Waals surface area contributed by atoms with Gasteiger partial charge < -0.3 is 24.7 Å². The average molecular weight is 393 g/mol. The number of methoxy groups -OCH3 is 2. The van der Waals surface area contributed by atoms with E-state index in [-0.39, 0.29) is 23.1 Å². The Morgan fingerprint density at radius 2 is 1.71 bits per heavy atom. The van der Waals surface area contributed by atoms with Crippen molar-refractivity contribution in [1.82, 2.24) is 0 Å². The maximum absolute atomic E-state index is 11.7. The van der Waals surface area contributed by atoms with Gasteiger partial charge in [-0.05, 0) is 57.3 Å². The Labute approximate surface area is 166 Å². The maximum atomic E-state index is 11.7. The molecule has 156 valence electrons. The largest absolute Gasteiger partial charge is 0.507 e. The van der Waals surface area contributed by atoms with Crippen LogP contribution in [0.4, 0.5) is 0 Å². The highest BCUT2D eigenvalue weighted by atomic mass is 16.5. The third kappa shape index (κ3) is 9.21. The summed E-state index contributed by atoms with van der Waals surface area (Å²) < 4.78 is 14.4. The molecule has 0 aromatic rings. The Morgan fingerprint density at radius 3 is 2.14 bits per heavy atom. The molecule has 0 aromatic carbocycles. The number of carbonyl (C=O) groups excluding carboxylic acids is 2. The first-order chi connectivity index (χ1) is 13.3. The maximum Gasteiger partial charge on any atom is 0.343 e. The lowest BCUT2D eigenvalue weighted by atomic mass is 9.98. The number of ether oxygens (including phenoxy) is 3. The first-order valence-corrected chi connectivity index (χ1v) is 9.03. The second kappa shape index (κ2) is 14.3. The van der Waals surface area contributed by atoms with Crippen molar-refractivity contribution in [3.05, 3.63) is 47.5 Å². The molecular formula is C21H31NO6. The second-order valence-electron chi connectivity index (χ2n) is 6.17. The highest BCUT2D eigenvalue weighted by Crippen LogP contribution is 2.23. The quantitative estimate of drug-likeness (QED) is 0.160. The zero-order valence-corrected chi connectivity index (χ0v) is 17.1. The van der Waals surface area contributed by atoms with Gasteiger partial charge in [-0.2, -0.15) is 0 Å². The fourth-order valence-corrected chi connectivity index (χ4v) is 2.54. The van der Waals surface area contributed by atoms with Gasteiger partial charge in [0.2, 0.25) is 0 Å². The summed E-state index contributed by atoms with van der Waals surface area (Å²) >= 11 is 0. The molecule has 0 amide bonds. The van der Waals surface area contributed by atoms with Crippen molar-refractivity contribution < 1.29 is 28.9 Å². The van der Waals surface area contributed by atoms with E-state index in [0.29, 0.717) is 17.8 Å². The third-order valence-corrected chi connectivity index (χ3v) is 4.02. The molecule has 1 fully saturated rings. The third-order valence-electron chi connectivity index (χ3n) is 4.02. The molecule has 1 aliphatic carbocycles. The van der Waals surface area contributed by atoms with Crippen LogP contribution in [-0.2, 0) is 23.8 Å². The minimum atomic E-state index is -0.737. The molecule has 1 saturated carbocycles. The first-order valence-electron chi connectivity index (χ1n) is 9.03. The number of allylic oxidation sites excluding steroid dienone is 4. The molecule has 0 spiro atoms. The number of hydrogen-bond donors (Lipinski definition) is 2. The predicted molar refractivity (Wildman–Crippen MR) is 108 cm³/mol. The van der Waals surface area contributed by atoms with Crippen LogP contribution in [0.2, 0.25) is 0 Å². The minimum absolute atomic E-state index is 0.0570. The molecule has 1 rings (SSSR count). The molecule has 7 heteroatoms. The van der Waals surface area contributed by atoms with E-state index < -0.39 is 5.97 Å². The van der Waals surface area contributed by atoms with E-state index in [4.69, 9.17) is 14.9 Å². The van der Waals surface area contributed by atoms with E-state index in [2.05, 4.69) is 16.1 Å². The number of esters is 1. The van der Waals surface area contributed by atoms with Gasteiger partial charge in [-0.3, -0.25) is 4.79 Å². The highest BCUT2D eigenvalue weighted by molar-refractivity contribution is 6.18. The van der Waals surface area contributed by atoms with E-state index in [1.54, 1.807) is 25.2 Å². The molecule has 2 N–H and O–H groups in total. The Bertz CT molecular complexity index is 639. The van der Waals surface area contributed by atoms with Crippen LogP contribution in [0.1, 0.15) is 46.0 Å². The predicted octanol–water partition coefficient (Wildman–Crippen LogP) is 4.17. The number of nitrogens with one attached hydrogen (secondary N) is 1. The summed E-state index contributed by atoms with van der Waals surface area (Å²) in [6, 6.07) is 0. The van der Waals surface area contributed by atoms with Crippen LogP contribution in [0, 0.1) is 5.41 Å². The summed E-state index contributed by atoms with van der Waals surface area (Å²) in [5.41, 5.74) is 0.236. The lowest BCUT2D eigenvalue weighted by molar-refractivity contribution is -0.135. The molecule has 0 saturated heterocycles. The SMILES string of the molecule is C=C\C(=C/C=C(C)/C(O)=C(/C(C)=N)C(=O)OC)OC1CCCCC1.COC=O. The van der Waals surface area contributed by atoms with E-state index in [1.807, 2.05) is 0 Å². The van der Waals surface area contributed by atoms with E-state index in [1.165, 1.54) is 40.4 Å². The van der Waals surface area contributed by atoms with Gasteiger partial charge in [0.25, 0.3) is 6.47 Å². The van der Waals surface area contributed by atoms with Gasteiger partial charge in [0.1, 0.15) is 17.1 Å². The van der Waals surface area contributed by atoms with Gasteiger partial charge in [0.15, 0.2) is 0 Å². The molecule has 0 aromatic heterocycles. The number of aliphatic hydroxyl groups excluding tert-OH is 1. The lowest BCUT2D eigenvalue weighted by Crippen LogP contribution is -2.15. The monoisotopic (exact) mass is 393 g/mol. The van der Waals surface area contributed by atoms with Gasteiger partial charge in [0, 0.05) is 5.71 Å². The summed E-state index contributed by atoms with van der Waals surface area (Å²) in [7, 11) is 2.53. The van der Waals surface area contributed by atoms with Crippen LogP contribution in [0.15, 0.2) is 47.5 Å². The zero-order valence-electron chi connectivity index (χ0n) is 17.1. The van der Waals surface area contributed by atoms with Crippen LogP contribution >= 0.6 is 0 Å². The van der Waals surface area contributed by atoms with Gasteiger partial charge in [-0.15, -0.1) is 0 Å². The summed E-state index contributed by atoms with van der Waals surface area (Å²) in [4.78, 5) is 20.6. The fourth-order valence-electron chi connectivity index (χ4n) is 2.54. The summed E-state index contributed by atoms with van der Waals surface area (Å²) in [5.74, 6) is -0.383. The lowest BCUT2D eigenvalue weighted by Gasteiger charge is -2.23. The number of hydrogen-bond acceptors (Lipinski definition) is 7. The molecular weight excluding hydrogens is 362 g/mol. The zero-order chi connectivity index (χ0) is 21.5. The Balaban J connectivity index is 0.00000165. The fraction of sp³-hybridized carbons (Fsp3) is 0.476. The topological polar surface area (TPSA) is 106 Å². The van der Waals surface area contributed by atoms with Crippen molar-refractivity contribution in [2.45, 2.75) is 52.1 Å². The van der Waals surface area contributed by atoms with Crippen LogP contribution in [0.5, 0.6) is 0 Å². The van der Waals surface area contributed by atoms with Gasteiger partial charge >= 0.3 is 5.97 Å². The van der Waals surface area contributed by atoms with E-state index in [0.717, 1.165) is 12.8 Å². The molecule has 1 aliphatic rings. The molecule has 0 unspecified atom stereocenters. The molecule has 0 aliphatic heterocycles. The van der Waals surface area contributed by atoms with Gasteiger partial charge in [-0.25, -0.2) is 4.79 Å². The highest BCUT2D eigenvalue weighted by Gasteiger charge is 2.19. The summed E-state index contributed by atoms with van der Waals surface area (Å²) in [5, 5.41) is 17.9. The van der Waals surface area contributed by atoms with Crippen LogP contribution < -0.4 is 0 Å². The van der Waals surface area contributed by atoms with Crippen molar-refractivity contribution in [2.75, 3.05) is 14.2 Å². The molecule has 28 heavy (non-hydrogen) atoms. The van der Waals surface area contributed by atoms with E-state index in [9.17, 15) is 9.90 Å². The standard InChI is InChI=1S/C19H27NO4.C2H4O2/c1-5-15(24-16-9-7-6-8-10-16)12-11-13(2)18(21)17(14(3)20)19(22)23-4;1-4-2-3/h5,11-12,16,20-21H,1,6-10H2,2-4H3;2H,1H3/b13-11+,15-12+,18-17+,20-14?;. The van der Waals surface area contributed by atoms with Crippen LogP contribution in [-0.4, -0.2) is 43.6 Å².